The first kappa shape index (κ1) is 50.3. The fourth-order valence-electron chi connectivity index (χ4n) is 5.41. The number of allylic oxidation sites excluding steroid dienone is 1. The molecule has 1 aliphatic carbocycles. The van der Waals surface area contributed by atoms with Crippen molar-refractivity contribution in [1.29, 1.82) is 0 Å². The Labute approximate surface area is 298 Å². The van der Waals surface area contributed by atoms with Gasteiger partial charge in [-0.25, -0.2) is 0 Å². The number of rotatable bonds is 16. The van der Waals surface area contributed by atoms with Gasteiger partial charge in [-0.15, -0.1) is 30.8 Å². The van der Waals surface area contributed by atoms with Gasteiger partial charge in [0.15, 0.2) is 0 Å². The van der Waals surface area contributed by atoms with Crippen molar-refractivity contribution in [3.63, 3.8) is 0 Å². The van der Waals surface area contributed by atoms with E-state index in [9.17, 15) is 19.8 Å². The summed E-state index contributed by atoms with van der Waals surface area (Å²) in [6, 6.07) is 2.43. The van der Waals surface area contributed by atoms with E-state index >= 15 is 0 Å². The summed E-state index contributed by atoms with van der Waals surface area (Å²) in [5, 5.41) is 18.5. The lowest BCUT2D eigenvalue weighted by atomic mass is 9.90. The third-order valence-corrected chi connectivity index (χ3v) is 15.3. The van der Waals surface area contributed by atoms with Crippen molar-refractivity contribution in [3.8, 4) is 0 Å². The number of hydrogen-bond acceptors (Lipinski definition) is 6. The molecule has 0 spiro atoms. The van der Waals surface area contributed by atoms with Crippen LogP contribution in [0.15, 0.2) is 38.0 Å². The quantitative estimate of drug-likeness (QED) is 0.0722. The fraction of sp³-hybridized carbons (Fsp3) is 0.795. The van der Waals surface area contributed by atoms with E-state index in [0.29, 0.717) is 11.8 Å². The molecule has 2 rings (SSSR count). The normalized spacial score (nSPS) is 24.1. The molecule has 0 bridgehead atoms. The summed E-state index contributed by atoms with van der Waals surface area (Å²) in [5.74, 6) is 1.32. The molecule has 1 aliphatic heterocycles. The van der Waals surface area contributed by atoms with Crippen LogP contribution in [0.2, 0.25) is 6.04 Å². The minimum Gasteiger partial charge on any atom is -0.393 e. The zero-order chi connectivity index (χ0) is 37.0. The third-order valence-electron chi connectivity index (χ3n) is 9.63. The Balaban J connectivity index is -0.000000557. The van der Waals surface area contributed by atoms with Crippen molar-refractivity contribution < 1.29 is 19.8 Å². The number of nitrogens with zero attached hydrogens (tertiary/aromatic N) is 2. The van der Waals surface area contributed by atoms with Crippen LogP contribution < -0.4 is 0 Å². The molecular weight excluding hydrogens is 624 g/mol. The molecule has 8 heteroatoms. The number of hydrogen-bond donors (Lipinski definition) is 2. The molecule has 2 N–H and O–H groups in total. The molecule has 1 saturated carbocycles. The Morgan fingerprint density at radius 3 is 1.21 bits per heavy atom. The molecule has 1 heterocycles. The largest absolute Gasteiger partial charge is 0.393 e. The first-order chi connectivity index (χ1) is 22.2. The molecule has 0 aromatic heterocycles. The molecule has 278 valence electrons. The maximum absolute atomic E-state index is 9.74. The van der Waals surface area contributed by atoms with Crippen LogP contribution >= 0.6 is 11.1 Å². The topological polar surface area (TPSA) is 81.1 Å². The molecule has 0 aromatic rings. The summed E-state index contributed by atoms with van der Waals surface area (Å²) in [6.45, 7) is 33.8. The number of fused-ring (bicyclic) bond motifs is 1. The van der Waals surface area contributed by atoms with Crippen LogP contribution in [0.4, 0.5) is 0 Å². The van der Waals surface area contributed by atoms with Gasteiger partial charge in [0.2, 0.25) is 0 Å². The maximum Gasteiger partial charge on any atom is 0.311 e. The molecule has 0 aromatic carbocycles. The number of aliphatic hydroxyl groups is 2. The Bertz CT molecular complexity index is 745. The van der Waals surface area contributed by atoms with Crippen LogP contribution in [-0.2, 0) is 9.59 Å². The lowest BCUT2D eigenvalue weighted by Crippen LogP contribution is -2.55. The number of likely N-dealkylation sites (N-methyl/N-ethyl adjacent to an activating group) is 2. The highest BCUT2D eigenvalue weighted by Crippen LogP contribution is 2.43. The lowest BCUT2D eigenvalue weighted by Gasteiger charge is -2.35. The first-order valence-corrected chi connectivity index (χ1v) is 21.7. The van der Waals surface area contributed by atoms with Crippen molar-refractivity contribution in [3.05, 3.63) is 38.0 Å². The number of carbonyl (C=O) groups excluding carboxylic acids is 2. The molecule has 9 atom stereocenters. The smallest absolute Gasteiger partial charge is 0.311 e. The predicted octanol–water partition coefficient (Wildman–Crippen LogP) is 9.72. The van der Waals surface area contributed by atoms with E-state index in [1.54, 1.807) is 12.2 Å². The van der Waals surface area contributed by atoms with Crippen LogP contribution in [-0.4, -0.2) is 77.0 Å². The van der Waals surface area contributed by atoms with Crippen LogP contribution in [0.25, 0.3) is 0 Å². The van der Waals surface area contributed by atoms with Crippen molar-refractivity contribution in [2.24, 2.45) is 23.7 Å². The van der Waals surface area contributed by atoms with Gasteiger partial charge in [-0.3, -0.25) is 9.13 Å². The van der Waals surface area contributed by atoms with Gasteiger partial charge >= 0.3 is 7.71 Å². The highest BCUT2D eigenvalue weighted by molar-refractivity contribution is 7.17. The Hall–Kier alpha value is -1.09. The summed E-state index contributed by atoms with van der Waals surface area (Å²) >= 11 is 7.10. The van der Waals surface area contributed by atoms with Gasteiger partial charge in [0.25, 0.3) is 0 Å². The Kier molecular flexibility index (Phi) is 33.1. The minimum absolute atomic E-state index is 0.188. The zero-order valence-electron chi connectivity index (χ0n) is 32.3. The number of carbonyl (C=O) groups is 2. The lowest BCUT2D eigenvalue weighted by molar-refractivity contribution is -0.111. The summed E-state index contributed by atoms with van der Waals surface area (Å²) in [5.41, 5.74) is 0. The van der Waals surface area contributed by atoms with Gasteiger partial charge in [0, 0.05) is 30.0 Å². The van der Waals surface area contributed by atoms with E-state index in [1.165, 1.54) is 25.7 Å². The Morgan fingerprint density at radius 1 is 0.681 bits per heavy atom. The Morgan fingerprint density at radius 2 is 1.02 bits per heavy atom. The second-order valence-corrected chi connectivity index (χ2v) is 18.0. The summed E-state index contributed by atoms with van der Waals surface area (Å²) in [7, 11) is -1.95. The van der Waals surface area contributed by atoms with Crippen molar-refractivity contribution in [2.75, 3.05) is 13.1 Å². The van der Waals surface area contributed by atoms with Gasteiger partial charge in [0.1, 0.15) is 12.6 Å². The van der Waals surface area contributed by atoms with E-state index in [4.69, 9.17) is 11.1 Å². The standard InChI is InChI=1S/C13H25ClN2Si.2C8H16O.2C5H10O/c1-4-11-17(14)15(5-2)12-9-7-8-10-13(12)16(17)6-3;2*1-4-6-8(9)7(3)5-2;2*1-3-5(2)4-6/h4,12-13H,1,5-11H2,2-3H3;2*4,7-9H,1,5-6H2,2-3H3;2*4-5H,3H2,1-2H3/t12-,13?,17?;7-,8+;7-,8-;2*5-/m00110/s1. The van der Waals surface area contributed by atoms with E-state index in [0.717, 1.165) is 82.3 Å². The average Bonchev–Trinajstić information content (AvgIpc) is 3.33. The van der Waals surface area contributed by atoms with E-state index in [2.05, 4.69) is 56.6 Å². The highest BCUT2D eigenvalue weighted by atomic mass is 35.6. The molecular formula is C39H77ClN2O4Si. The fourth-order valence-corrected chi connectivity index (χ4v) is 11.0. The van der Waals surface area contributed by atoms with Crippen LogP contribution in [0.3, 0.4) is 0 Å². The first-order valence-electron chi connectivity index (χ1n) is 18.6. The van der Waals surface area contributed by atoms with Gasteiger partial charge in [-0.1, -0.05) is 113 Å². The molecule has 1 saturated heterocycles. The van der Waals surface area contributed by atoms with Crippen LogP contribution in [0.5, 0.6) is 0 Å². The molecule has 2 unspecified atom stereocenters. The number of halogens is 1. The summed E-state index contributed by atoms with van der Waals surface area (Å²) in [4.78, 5) is 19.5. The molecule has 47 heavy (non-hydrogen) atoms. The van der Waals surface area contributed by atoms with Crippen LogP contribution in [0, 0.1) is 23.7 Å². The van der Waals surface area contributed by atoms with Gasteiger partial charge in [0.05, 0.1) is 12.2 Å². The SMILES string of the molecule is C=CC[C@@H](O)[C@@H](C)CC.C=CC[C@@H](O)[C@H](C)CC.C=CC[Si]1(Cl)N(CC)C2CCCC[C@@H]2N1CC.CC[C@@H](C)C=O.CC[C@H](C)C=O. The van der Waals surface area contributed by atoms with Gasteiger partial charge in [-0.05, 0) is 63.5 Å². The average molecular weight is 702 g/mol. The van der Waals surface area contributed by atoms with Gasteiger partial charge in [-0.2, -0.15) is 0 Å². The number of aliphatic hydroxyl groups excluding tert-OH is 2. The highest BCUT2D eigenvalue weighted by Gasteiger charge is 2.57. The minimum atomic E-state index is -1.95. The molecule has 6 nitrogen and oxygen atoms in total. The van der Waals surface area contributed by atoms with E-state index < -0.39 is 7.71 Å². The van der Waals surface area contributed by atoms with Gasteiger partial charge < -0.3 is 19.8 Å². The van der Waals surface area contributed by atoms with Crippen molar-refractivity contribution >= 4 is 31.4 Å². The second kappa shape index (κ2) is 30.9. The van der Waals surface area contributed by atoms with E-state index in [1.807, 2.05) is 47.6 Å². The summed E-state index contributed by atoms with van der Waals surface area (Å²) < 4.78 is 5.28. The molecule has 0 amide bonds. The second-order valence-electron chi connectivity index (χ2n) is 13.2. The summed E-state index contributed by atoms with van der Waals surface area (Å²) in [6.07, 6.45) is 18.0. The zero-order valence-corrected chi connectivity index (χ0v) is 34.1. The predicted molar refractivity (Wildman–Crippen MR) is 209 cm³/mol. The molecule has 2 aliphatic rings. The third kappa shape index (κ3) is 20.2. The molecule has 2 fully saturated rings. The van der Waals surface area contributed by atoms with Crippen molar-refractivity contribution in [2.45, 2.75) is 164 Å². The monoisotopic (exact) mass is 701 g/mol. The number of aldehydes is 2. The van der Waals surface area contributed by atoms with E-state index in [-0.39, 0.29) is 24.0 Å². The molecule has 0 radical (unpaired) electrons. The van der Waals surface area contributed by atoms with Crippen LogP contribution in [0.1, 0.15) is 133 Å². The maximum atomic E-state index is 9.74. The van der Waals surface area contributed by atoms with Crippen molar-refractivity contribution in [1.82, 2.24) is 9.13 Å².